The van der Waals surface area contributed by atoms with E-state index < -0.39 is 0 Å². The molecule has 140 valence electrons. The topological polar surface area (TPSA) is 68.9 Å². The lowest BCUT2D eigenvalue weighted by molar-refractivity contribution is 0.297. The van der Waals surface area contributed by atoms with Crippen molar-refractivity contribution in [2.45, 2.75) is 17.7 Å². The molecule has 0 aliphatic carbocycles. The number of halogens is 1. The van der Waals surface area contributed by atoms with Crippen LogP contribution in [0.1, 0.15) is 12.8 Å². The highest BCUT2D eigenvalue weighted by Gasteiger charge is 2.10. The van der Waals surface area contributed by atoms with Crippen molar-refractivity contribution in [3.05, 3.63) is 48.5 Å². The van der Waals surface area contributed by atoms with Crippen LogP contribution in [0.3, 0.4) is 0 Å². The molecule has 0 fully saturated rings. The van der Waals surface area contributed by atoms with Crippen LogP contribution in [0.5, 0.6) is 11.5 Å². The van der Waals surface area contributed by atoms with Gasteiger partial charge in [0.15, 0.2) is 17.5 Å². The number of fused-ring (bicyclic) bond motifs is 1. The lowest BCUT2D eigenvalue weighted by atomic mass is 10.3. The molecule has 2 aromatic carbocycles. The van der Waals surface area contributed by atoms with Crippen LogP contribution in [0, 0.1) is 0 Å². The van der Waals surface area contributed by atoms with Crippen LogP contribution in [-0.2, 0) is 0 Å². The summed E-state index contributed by atoms with van der Waals surface area (Å²) < 4.78 is 11.3. The standard InChI is InChI=1S/C19H23N3O2S.HI/c20-19(21-10-4-13-25-16-6-2-1-3-7-16)22-15-8-9-17-18(14-15)24-12-5-11-23-17;/h1-3,6-9,14H,4-5,10-13H2,(H3,20,21,22);1H. The molecule has 0 bridgehead atoms. The van der Waals surface area contributed by atoms with E-state index in [2.05, 4.69) is 34.6 Å². The van der Waals surface area contributed by atoms with Gasteiger partial charge in [0.1, 0.15) is 0 Å². The highest BCUT2D eigenvalue weighted by atomic mass is 127. The number of hydrogen-bond acceptors (Lipinski definition) is 4. The molecule has 3 N–H and O–H groups in total. The van der Waals surface area contributed by atoms with Gasteiger partial charge in [0.2, 0.25) is 0 Å². The Hall–Kier alpha value is -1.61. The summed E-state index contributed by atoms with van der Waals surface area (Å²) in [7, 11) is 0. The van der Waals surface area contributed by atoms with Crippen LogP contribution in [0.2, 0.25) is 0 Å². The van der Waals surface area contributed by atoms with Gasteiger partial charge in [0.05, 0.1) is 13.2 Å². The Morgan fingerprint density at radius 1 is 1.08 bits per heavy atom. The third kappa shape index (κ3) is 6.60. The number of guanidine groups is 1. The maximum atomic E-state index is 5.97. The van der Waals surface area contributed by atoms with Crippen LogP contribution in [0.4, 0.5) is 5.69 Å². The van der Waals surface area contributed by atoms with E-state index in [0.717, 1.165) is 35.8 Å². The summed E-state index contributed by atoms with van der Waals surface area (Å²) in [5.74, 6) is 2.95. The van der Waals surface area contributed by atoms with Crippen molar-refractivity contribution in [2.24, 2.45) is 10.7 Å². The van der Waals surface area contributed by atoms with Crippen LogP contribution in [0.15, 0.2) is 58.4 Å². The van der Waals surface area contributed by atoms with Gasteiger partial charge in [-0.1, -0.05) is 18.2 Å². The van der Waals surface area contributed by atoms with Gasteiger partial charge < -0.3 is 20.5 Å². The molecule has 0 amide bonds. The first-order chi connectivity index (χ1) is 12.3. The van der Waals surface area contributed by atoms with Crippen molar-refractivity contribution in [1.29, 1.82) is 0 Å². The summed E-state index contributed by atoms with van der Waals surface area (Å²) in [5, 5.41) is 3.11. The van der Waals surface area contributed by atoms with Gasteiger partial charge in [0.25, 0.3) is 0 Å². The Morgan fingerprint density at radius 3 is 2.65 bits per heavy atom. The number of nitrogens with two attached hydrogens (primary N) is 1. The highest BCUT2D eigenvalue weighted by molar-refractivity contribution is 14.0. The zero-order valence-electron chi connectivity index (χ0n) is 14.5. The average molecular weight is 485 g/mol. The van der Waals surface area contributed by atoms with Gasteiger partial charge in [-0.2, -0.15) is 0 Å². The second-order valence-corrected chi connectivity index (χ2v) is 6.79. The number of benzene rings is 2. The summed E-state index contributed by atoms with van der Waals surface area (Å²) in [4.78, 5) is 5.66. The van der Waals surface area contributed by atoms with Crippen LogP contribution in [0.25, 0.3) is 0 Å². The molecule has 0 saturated heterocycles. The maximum Gasteiger partial charge on any atom is 0.193 e. The summed E-state index contributed by atoms with van der Waals surface area (Å²) in [6.07, 6.45) is 1.87. The molecule has 1 aliphatic heterocycles. The van der Waals surface area contributed by atoms with E-state index in [1.165, 1.54) is 4.90 Å². The van der Waals surface area contributed by atoms with Gasteiger partial charge in [-0.3, -0.25) is 4.99 Å². The molecular formula is C19H24IN3O2S. The lowest BCUT2D eigenvalue weighted by Gasteiger charge is -2.10. The van der Waals surface area contributed by atoms with Crippen molar-refractivity contribution >= 4 is 47.4 Å². The first kappa shape index (κ1) is 20.7. The summed E-state index contributed by atoms with van der Waals surface area (Å²) >= 11 is 1.83. The Balaban J connectivity index is 0.00000243. The minimum Gasteiger partial charge on any atom is -0.490 e. The molecule has 0 spiro atoms. The molecule has 0 atom stereocenters. The molecule has 5 nitrogen and oxygen atoms in total. The smallest absolute Gasteiger partial charge is 0.193 e. The van der Waals surface area contributed by atoms with E-state index in [4.69, 9.17) is 15.2 Å². The maximum absolute atomic E-state index is 5.97. The zero-order valence-corrected chi connectivity index (χ0v) is 17.7. The number of nitrogens with one attached hydrogen (secondary N) is 1. The molecule has 1 heterocycles. The molecule has 0 saturated carbocycles. The molecule has 2 aromatic rings. The number of nitrogens with zero attached hydrogens (tertiary/aromatic N) is 1. The Morgan fingerprint density at radius 2 is 1.85 bits per heavy atom. The third-order valence-corrected chi connectivity index (χ3v) is 4.71. The van der Waals surface area contributed by atoms with Crippen molar-refractivity contribution in [2.75, 3.05) is 30.8 Å². The van der Waals surface area contributed by atoms with Gasteiger partial charge in [0, 0.05) is 29.6 Å². The molecule has 26 heavy (non-hydrogen) atoms. The van der Waals surface area contributed by atoms with E-state index in [0.29, 0.717) is 25.7 Å². The Kier molecular flexibility index (Phi) is 8.90. The first-order valence-electron chi connectivity index (χ1n) is 8.46. The Labute approximate surface area is 175 Å². The molecule has 1 aliphatic rings. The predicted molar refractivity (Wildman–Crippen MR) is 119 cm³/mol. The number of rotatable bonds is 6. The number of ether oxygens (including phenoxy) is 2. The molecule has 0 radical (unpaired) electrons. The summed E-state index contributed by atoms with van der Waals surface area (Å²) in [5.41, 5.74) is 6.82. The van der Waals surface area contributed by atoms with Crippen molar-refractivity contribution in [1.82, 2.24) is 0 Å². The minimum absolute atomic E-state index is 0. The van der Waals surface area contributed by atoms with Crippen molar-refractivity contribution in [3.63, 3.8) is 0 Å². The average Bonchev–Trinajstić information content (AvgIpc) is 2.87. The lowest BCUT2D eigenvalue weighted by Crippen LogP contribution is -2.22. The van der Waals surface area contributed by atoms with Gasteiger partial charge in [-0.05, 0) is 36.4 Å². The fourth-order valence-electron chi connectivity index (χ4n) is 2.40. The quantitative estimate of drug-likeness (QED) is 0.209. The van der Waals surface area contributed by atoms with Crippen molar-refractivity contribution < 1.29 is 9.47 Å². The molecule has 0 unspecified atom stereocenters. The predicted octanol–water partition coefficient (Wildman–Crippen LogP) is 4.37. The van der Waals surface area contributed by atoms with E-state index >= 15 is 0 Å². The number of aliphatic imine (C=N–C) groups is 1. The SMILES string of the molecule is I.NC(=NCCCSc1ccccc1)Nc1ccc2c(c1)OCCCO2. The fourth-order valence-corrected chi connectivity index (χ4v) is 3.26. The monoisotopic (exact) mass is 485 g/mol. The van der Waals surface area contributed by atoms with Crippen LogP contribution in [-0.4, -0.2) is 31.5 Å². The normalized spacial score (nSPS) is 13.5. The highest BCUT2D eigenvalue weighted by Crippen LogP contribution is 2.32. The van der Waals surface area contributed by atoms with Gasteiger partial charge in [-0.25, -0.2) is 0 Å². The number of thioether (sulfide) groups is 1. The number of anilines is 1. The molecule has 3 rings (SSSR count). The van der Waals surface area contributed by atoms with E-state index in [1.807, 2.05) is 36.0 Å². The second kappa shape index (κ2) is 11.2. The first-order valence-corrected chi connectivity index (χ1v) is 9.44. The largest absolute Gasteiger partial charge is 0.490 e. The zero-order chi connectivity index (χ0) is 17.3. The fraction of sp³-hybridized carbons (Fsp3) is 0.316. The van der Waals surface area contributed by atoms with Gasteiger partial charge in [-0.15, -0.1) is 35.7 Å². The van der Waals surface area contributed by atoms with E-state index in [1.54, 1.807) is 0 Å². The molecule has 7 heteroatoms. The molecular weight excluding hydrogens is 461 g/mol. The minimum atomic E-state index is 0. The van der Waals surface area contributed by atoms with E-state index in [9.17, 15) is 0 Å². The van der Waals surface area contributed by atoms with Gasteiger partial charge >= 0.3 is 0 Å². The van der Waals surface area contributed by atoms with Crippen molar-refractivity contribution in [3.8, 4) is 11.5 Å². The third-order valence-electron chi connectivity index (χ3n) is 3.62. The van der Waals surface area contributed by atoms with E-state index in [-0.39, 0.29) is 24.0 Å². The molecule has 0 aromatic heterocycles. The second-order valence-electron chi connectivity index (χ2n) is 5.62. The summed E-state index contributed by atoms with van der Waals surface area (Å²) in [6.45, 7) is 2.05. The van der Waals surface area contributed by atoms with Crippen LogP contribution >= 0.6 is 35.7 Å². The Bertz CT molecular complexity index is 713. The summed E-state index contributed by atoms with van der Waals surface area (Å²) in [6, 6.07) is 16.1. The van der Waals surface area contributed by atoms with Crippen LogP contribution < -0.4 is 20.5 Å². The number of hydrogen-bond donors (Lipinski definition) is 2.